The number of hydrogen-bond donors (Lipinski definition) is 6. The molecular formula is C43H47Cl6N13O13S2. The lowest BCUT2D eigenvalue weighted by molar-refractivity contribution is -0.360. The van der Waals surface area contributed by atoms with Crippen molar-refractivity contribution in [3.63, 3.8) is 0 Å². The van der Waals surface area contributed by atoms with E-state index in [2.05, 4.69) is 44.4 Å². The van der Waals surface area contributed by atoms with Crippen LogP contribution >= 0.6 is 69.6 Å². The highest BCUT2D eigenvalue weighted by Crippen LogP contribution is 2.33. The van der Waals surface area contributed by atoms with E-state index in [1.165, 1.54) is 84.1 Å². The van der Waals surface area contributed by atoms with Gasteiger partial charge in [0, 0.05) is 24.5 Å². The minimum atomic E-state index is -4.15. The number of carbonyl (C=O) groups excluding carboxylic acids is 3. The standard InChI is InChI=1S/C17H10Cl3N7O4S.C12H9Cl3N4O3S.C10H20O5.C3H4N2O.CH4/c18-8-5-12(26-32(29,30)9-1-2-10(19)11(20)6-9)14(22-7-8)16-23-24-17(15(21)28)27(16)13-3-4-31-25-13;13-6-3-10(11(17-5-6)12(20)18-16)19-23(21,22)7-1-2-8(14)9(15)4-7;1-5-12-9(11)10(13-6-2,14-7-3)15-8-4;4-3-1-2-6-5-3;/h1-7,26H,(H2,21,28);1-5,19H,16H2,(H,18,20);5-8H2,1-4H3;1-2H,(H2,4,5);1H4. The number of primary amides is 1. The van der Waals surface area contributed by atoms with Crippen LogP contribution in [0.3, 0.4) is 0 Å². The first-order valence-corrected chi connectivity index (χ1v) is 26.4. The number of nitrogens with one attached hydrogen (secondary N) is 3. The first-order valence-electron chi connectivity index (χ1n) is 21.2. The Balaban J connectivity index is 0.000000303. The maximum absolute atomic E-state index is 13.0. The van der Waals surface area contributed by atoms with Crippen LogP contribution < -0.4 is 32.2 Å². The molecule has 0 aliphatic heterocycles. The van der Waals surface area contributed by atoms with E-state index in [4.69, 9.17) is 110 Å². The van der Waals surface area contributed by atoms with Crippen LogP contribution in [0.5, 0.6) is 0 Å². The van der Waals surface area contributed by atoms with Gasteiger partial charge < -0.3 is 39.5 Å². The van der Waals surface area contributed by atoms with Crippen molar-refractivity contribution in [3.05, 3.63) is 127 Å². The van der Waals surface area contributed by atoms with Gasteiger partial charge in [-0.1, -0.05) is 87.3 Å². The van der Waals surface area contributed by atoms with Gasteiger partial charge in [-0.3, -0.25) is 24.5 Å². The van der Waals surface area contributed by atoms with Gasteiger partial charge in [-0.15, -0.1) is 10.2 Å². The number of sulfonamides is 2. The van der Waals surface area contributed by atoms with E-state index in [1.54, 1.807) is 33.8 Å². The predicted octanol–water partition coefficient (Wildman–Crippen LogP) is 7.83. The third-order valence-corrected chi connectivity index (χ3v) is 13.3. The number of nitrogens with zero attached hydrogens (tertiary/aromatic N) is 7. The zero-order valence-electron chi connectivity index (χ0n) is 39.7. The molecule has 77 heavy (non-hydrogen) atoms. The number of rotatable bonds is 18. The van der Waals surface area contributed by atoms with Crippen molar-refractivity contribution in [2.45, 2.75) is 50.9 Å². The van der Waals surface area contributed by atoms with Gasteiger partial charge in [-0.05, 0) is 76.2 Å². The number of benzene rings is 2. The smallest absolute Gasteiger partial charge is 0.398 e. The van der Waals surface area contributed by atoms with Crippen molar-refractivity contribution >= 4 is 125 Å². The molecule has 0 saturated heterocycles. The second-order valence-electron chi connectivity index (χ2n) is 13.8. The molecule has 0 bridgehead atoms. The Bertz CT molecular complexity index is 3310. The van der Waals surface area contributed by atoms with Crippen molar-refractivity contribution in [2.24, 2.45) is 11.6 Å². The molecule has 0 spiro atoms. The lowest BCUT2D eigenvalue weighted by Gasteiger charge is -2.29. The van der Waals surface area contributed by atoms with Crippen molar-refractivity contribution in [1.82, 2.24) is 40.5 Å². The molecule has 0 fully saturated rings. The molecule has 0 radical (unpaired) electrons. The normalized spacial score (nSPS) is 11.0. The summed E-state index contributed by atoms with van der Waals surface area (Å²) in [5.41, 5.74) is 11.9. The second kappa shape index (κ2) is 29.9. The number of halogens is 6. The Hall–Kier alpha value is -6.41. The summed E-state index contributed by atoms with van der Waals surface area (Å²) in [4.78, 5) is 42.7. The Morgan fingerprint density at radius 2 is 1.18 bits per heavy atom. The van der Waals surface area contributed by atoms with Gasteiger partial charge in [-0.2, -0.15) is 0 Å². The molecule has 7 rings (SSSR count). The van der Waals surface area contributed by atoms with Gasteiger partial charge in [0.15, 0.2) is 23.2 Å². The lowest BCUT2D eigenvalue weighted by atomic mass is 10.3. The maximum atomic E-state index is 13.0. The molecule has 0 unspecified atom stereocenters. The number of hydrogen-bond acceptors (Lipinski definition) is 21. The number of ether oxygens (including phenoxy) is 4. The Kier molecular flexibility index (Phi) is 25.2. The zero-order chi connectivity index (χ0) is 56.4. The molecule has 0 atom stereocenters. The summed E-state index contributed by atoms with van der Waals surface area (Å²) in [7, 11) is -8.20. The SMILES string of the molecule is C.CCOC(=O)C(OCC)(OCC)OCC.NC(=O)c1nnc(-c2ncc(Cl)cc2NS(=O)(=O)c2ccc(Cl)c(Cl)c2)n1-c1ccon1.NNC(=O)c1ncc(Cl)cc1NS(=O)(=O)c1ccc(Cl)c(Cl)c1.Nc1ccon1. The molecule has 0 aliphatic carbocycles. The highest BCUT2D eigenvalue weighted by atomic mass is 35.5. The van der Waals surface area contributed by atoms with Crippen molar-refractivity contribution in [3.8, 4) is 17.3 Å². The van der Waals surface area contributed by atoms with E-state index in [1.807, 2.05) is 5.43 Å². The van der Waals surface area contributed by atoms with Gasteiger partial charge in [0.25, 0.3) is 31.9 Å². The molecule has 2 amide bonds. The molecule has 416 valence electrons. The summed E-state index contributed by atoms with van der Waals surface area (Å²) < 4.78 is 86.1. The van der Waals surface area contributed by atoms with E-state index in [-0.39, 0.29) is 94.2 Å². The van der Waals surface area contributed by atoms with Gasteiger partial charge in [-0.25, -0.2) is 42.0 Å². The predicted molar refractivity (Wildman–Crippen MR) is 286 cm³/mol. The average Bonchev–Trinajstić information content (AvgIpc) is 4.17. The number of anilines is 3. The number of pyridine rings is 2. The number of carbonyl (C=O) groups is 3. The fraction of sp³-hybridized carbons (Fsp3) is 0.233. The molecule has 5 aromatic heterocycles. The minimum Gasteiger partial charge on any atom is -0.460 e. The molecule has 9 N–H and O–H groups in total. The van der Waals surface area contributed by atoms with E-state index in [9.17, 15) is 31.2 Å². The van der Waals surface area contributed by atoms with Gasteiger partial charge >= 0.3 is 11.9 Å². The Morgan fingerprint density at radius 1 is 0.675 bits per heavy atom. The lowest BCUT2D eigenvalue weighted by Crippen LogP contribution is -2.48. The monoisotopic (exact) mass is 1230 g/mol. The molecule has 7 aromatic rings. The van der Waals surface area contributed by atoms with Crippen LogP contribution in [0.2, 0.25) is 30.1 Å². The van der Waals surface area contributed by atoms with Crippen LogP contribution in [-0.4, -0.2) is 102 Å². The summed E-state index contributed by atoms with van der Waals surface area (Å²) >= 11 is 35.2. The first kappa shape index (κ1) is 64.9. The molecule has 34 heteroatoms. The van der Waals surface area contributed by atoms with Crippen LogP contribution in [0.4, 0.5) is 17.2 Å². The van der Waals surface area contributed by atoms with E-state index < -0.39 is 43.8 Å². The average molecular weight is 1230 g/mol. The largest absolute Gasteiger partial charge is 0.460 e. The zero-order valence-corrected chi connectivity index (χ0v) is 45.8. The van der Waals surface area contributed by atoms with E-state index in [0.29, 0.717) is 25.6 Å². The van der Waals surface area contributed by atoms with Gasteiger partial charge in [0.1, 0.15) is 18.2 Å². The summed E-state index contributed by atoms with van der Waals surface area (Å²) in [6, 6.07) is 13.1. The highest BCUT2D eigenvalue weighted by molar-refractivity contribution is 7.93. The fourth-order valence-electron chi connectivity index (χ4n) is 5.61. The summed E-state index contributed by atoms with van der Waals surface area (Å²) in [6.45, 7) is 8.15. The number of nitrogen functional groups attached to an aromatic ring is 2. The topological polar surface area (TPSA) is 379 Å². The van der Waals surface area contributed by atoms with Crippen LogP contribution in [0.25, 0.3) is 17.3 Å². The third-order valence-electron chi connectivity index (χ3n) is 8.68. The summed E-state index contributed by atoms with van der Waals surface area (Å²) in [5.74, 6) is 1.24. The number of esters is 1. The van der Waals surface area contributed by atoms with Crippen LogP contribution in [0, 0.1) is 0 Å². The summed E-state index contributed by atoms with van der Waals surface area (Å²) in [6.07, 6.45) is 5.13. The third kappa shape index (κ3) is 17.8. The Labute approximate surface area is 470 Å². The van der Waals surface area contributed by atoms with Crippen molar-refractivity contribution in [1.29, 1.82) is 0 Å². The number of hydrazine groups is 1. The maximum Gasteiger partial charge on any atom is 0.398 e. The molecule has 2 aromatic carbocycles. The van der Waals surface area contributed by atoms with Crippen LogP contribution in [0.15, 0.2) is 104 Å². The highest BCUT2D eigenvalue weighted by Gasteiger charge is 2.44. The van der Waals surface area contributed by atoms with E-state index >= 15 is 0 Å². The van der Waals surface area contributed by atoms with Crippen molar-refractivity contribution < 1.29 is 59.2 Å². The number of amides is 2. The van der Waals surface area contributed by atoms with Gasteiger partial charge in [0.2, 0.25) is 5.82 Å². The quantitative estimate of drug-likeness (QED) is 0.0157. The Morgan fingerprint density at radius 3 is 1.61 bits per heavy atom. The van der Waals surface area contributed by atoms with Crippen molar-refractivity contribution in [2.75, 3.05) is 41.6 Å². The first-order chi connectivity index (χ1) is 36.0. The molecule has 26 nitrogen and oxygen atoms in total. The summed E-state index contributed by atoms with van der Waals surface area (Å²) in [5, 5.41) is 15.5. The number of nitrogens with two attached hydrogens (primary N) is 3. The van der Waals surface area contributed by atoms with Gasteiger partial charge in [0.05, 0.1) is 77.7 Å². The molecule has 0 saturated carbocycles. The molecule has 0 aliphatic rings. The number of aromatic nitrogens is 7. The van der Waals surface area contributed by atoms with Crippen LogP contribution in [-0.2, 0) is 43.8 Å². The molecule has 5 heterocycles. The minimum absolute atomic E-state index is 0. The second-order valence-corrected chi connectivity index (χ2v) is 19.7. The molecular weight excluding hydrogens is 1180 g/mol. The fourth-order valence-corrected chi connectivity index (χ4v) is 8.81. The van der Waals surface area contributed by atoms with Crippen LogP contribution in [0.1, 0.15) is 56.2 Å². The van der Waals surface area contributed by atoms with E-state index in [0.717, 1.165) is 0 Å².